The largest absolute Gasteiger partial charge is 0.512 e. The number of rotatable bonds is 11. The molecule has 1 aliphatic carbocycles. The number of aliphatic hydroxyl groups is 1. The van der Waals surface area contributed by atoms with Crippen molar-refractivity contribution >= 4 is 18.0 Å². The number of nitrogens with zero attached hydrogens (tertiary/aromatic N) is 3. The number of nitrogens with two attached hydrogens (primary N) is 1. The molecule has 1 atom stereocenters. The molecule has 0 aromatic heterocycles. The van der Waals surface area contributed by atoms with Crippen molar-refractivity contribution < 1.29 is 24.5 Å². The molecule has 0 spiro atoms. The standard InChI is InChI=1S/C29H42N4O5/c1-6-20-13-21(26(37-5)15-24(20)34)11-12-29(22-9-7-8-10-22)16-25(35)23(28(36)38-29)14-27(30)32-33(4)18-19(2)17-31-3/h13,15,17-18,22,34-35H,6-12,14,16H2,1-5H3,(H2,30,32)/b19-18-,31-17?/t29-/m1/s1. The fraction of sp³-hybridized carbons (Fsp3) is 0.552. The van der Waals surface area contributed by atoms with Gasteiger partial charge in [0.05, 0.1) is 12.7 Å². The van der Waals surface area contributed by atoms with Gasteiger partial charge in [-0.25, -0.2) is 4.79 Å². The van der Waals surface area contributed by atoms with Gasteiger partial charge >= 0.3 is 5.97 Å². The smallest absolute Gasteiger partial charge is 0.338 e. The van der Waals surface area contributed by atoms with Gasteiger partial charge in [0.15, 0.2) is 0 Å². The third-order valence-corrected chi connectivity index (χ3v) is 7.50. The summed E-state index contributed by atoms with van der Waals surface area (Å²) in [5.41, 5.74) is 8.16. The van der Waals surface area contributed by atoms with Gasteiger partial charge in [-0.05, 0) is 67.7 Å². The first-order chi connectivity index (χ1) is 18.1. The molecule has 1 aromatic rings. The van der Waals surface area contributed by atoms with E-state index in [-0.39, 0.29) is 41.7 Å². The molecule has 0 bridgehead atoms. The van der Waals surface area contributed by atoms with Gasteiger partial charge in [0, 0.05) is 45.4 Å². The Labute approximate surface area is 225 Å². The van der Waals surface area contributed by atoms with E-state index < -0.39 is 11.6 Å². The molecule has 9 heteroatoms. The summed E-state index contributed by atoms with van der Waals surface area (Å²) in [6, 6.07) is 3.60. The summed E-state index contributed by atoms with van der Waals surface area (Å²) in [4.78, 5) is 17.3. The minimum Gasteiger partial charge on any atom is -0.512 e. The van der Waals surface area contributed by atoms with E-state index >= 15 is 0 Å². The summed E-state index contributed by atoms with van der Waals surface area (Å²) in [5.74, 6) is 0.643. The Morgan fingerprint density at radius 2 is 2.00 bits per heavy atom. The number of cyclic esters (lactones) is 1. The number of carbonyl (C=O) groups is 1. The molecule has 0 radical (unpaired) electrons. The first-order valence-corrected chi connectivity index (χ1v) is 13.3. The number of aliphatic hydroxyl groups excluding tert-OH is 1. The highest BCUT2D eigenvalue weighted by Crippen LogP contribution is 2.46. The van der Waals surface area contributed by atoms with E-state index in [1.54, 1.807) is 44.7 Å². The van der Waals surface area contributed by atoms with Gasteiger partial charge in [0.25, 0.3) is 0 Å². The number of aliphatic imine (C=N–C) groups is 1. The van der Waals surface area contributed by atoms with Crippen molar-refractivity contribution in [3.63, 3.8) is 0 Å². The van der Waals surface area contributed by atoms with Gasteiger partial charge < -0.3 is 25.4 Å². The summed E-state index contributed by atoms with van der Waals surface area (Å²) >= 11 is 0. The summed E-state index contributed by atoms with van der Waals surface area (Å²) in [6.07, 6.45) is 9.58. The summed E-state index contributed by atoms with van der Waals surface area (Å²) in [6.45, 7) is 3.88. The second kappa shape index (κ2) is 12.8. The van der Waals surface area contributed by atoms with Gasteiger partial charge in [0.1, 0.15) is 28.7 Å². The minimum absolute atomic E-state index is 0.00382. The third-order valence-electron chi connectivity index (χ3n) is 7.50. The maximum atomic E-state index is 13.3. The number of amidine groups is 1. The van der Waals surface area contributed by atoms with Gasteiger partial charge in [-0.1, -0.05) is 19.8 Å². The van der Waals surface area contributed by atoms with Crippen molar-refractivity contribution in [1.82, 2.24) is 5.01 Å². The lowest BCUT2D eigenvalue weighted by Crippen LogP contribution is -2.46. The van der Waals surface area contributed by atoms with Gasteiger partial charge in [-0.3, -0.25) is 10.0 Å². The van der Waals surface area contributed by atoms with Crippen molar-refractivity contribution in [2.45, 2.75) is 77.2 Å². The average molecular weight is 527 g/mol. The lowest BCUT2D eigenvalue weighted by molar-refractivity contribution is -0.167. The maximum absolute atomic E-state index is 13.3. The molecule has 1 aromatic carbocycles. The molecule has 38 heavy (non-hydrogen) atoms. The molecular formula is C29H42N4O5. The van der Waals surface area contributed by atoms with Gasteiger partial charge in [-0.2, -0.15) is 5.10 Å². The maximum Gasteiger partial charge on any atom is 0.338 e. The molecule has 0 amide bonds. The number of phenols is 1. The monoisotopic (exact) mass is 526 g/mol. The molecule has 9 nitrogen and oxygen atoms in total. The fourth-order valence-corrected chi connectivity index (χ4v) is 5.65. The number of allylic oxidation sites excluding steroid dienone is 1. The van der Waals surface area contributed by atoms with Crippen LogP contribution in [0, 0.1) is 5.92 Å². The highest BCUT2D eigenvalue weighted by molar-refractivity contribution is 5.97. The molecular weight excluding hydrogens is 484 g/mol. The number of ether oxygens (including phenoxy) is 2. The van der Waals surface area contributed by atoms with Crippen LogP contribution < -0.4 is 10.5 Å². The van der Waals surface area contributed by atoms with Gasteiger partial charge in [0.2, 0.25) is 0 Å². The van der Waals surface area contributed by atoms with E-state index in [2.05, 4.69) is 10.1 Å². The molecule has 1 aliphatic heterocycles. The van der Waals surface area contributed by atoms with Crippen molar-refractivity contribution in [2.24, 2.45) is 21.7 Å². The number of hydrogen-bond donors (Lipinski definition) is 3. The zero-order valence-corrected chi connectivity index (χ0v) is 23.3. The lowest BCUT2D eigenvalue weighted by Gasteiger charge is -2.42. The van der Waals surface area contributed by atoms with Crippen LogP contribution in [0.3, 0.4) is 0 Å². The van der Waals surface area contributed by atoms with Crippen LogP contribution in [0.1, 0.15) is 69.9 Å². The predicted octanol–water partition coefficient (Wildman–Crippen LogP) is 4.78. The van der Waals surface area contributed by atoms with E-state index in [1.165, 1.54) is 0 Å². The number of phenolic OH excluding ortho intramolecular Hbond substituents is 1. The number of benzene rings is 1. The van der Waals surface area contributed by atoms with Crippen LogP contribution in [0.15, 0.2) is 45.3 Å². The average Bonchev–Trinajstić information content (AvgIpc) is 3.41. The van der Waals surface area contributed by atoms with Gasteiger partial charge in [-0.15, -0.1) is 0 Å². The van der Waals surface area contributed by atoms with Crippen LogP contribution in [-0.2, 0) is 22.4 Å². The van der Waals surface area contributed by atoms with E-state index in [0.29, 0.717) is 25.0 Å². The molecule has 3 rings (SSSR count). The minimum atomic E-state index is -0.807. The number of hydrazone groups is 1. The van der Waals surface area contributed by atoms with E-state index in [0.717, 1.165) is 42.4 Å². The van der Waals surface area contributed by atoms with Crippen molar-refractivity contribution in [2.75, 3.05) is 21.2 Å². The van der Waals surface area contributed by atoms with Crippen LogP contribution in [0.25, 0.3) is 0 Å². The number of carbonyl (C=O) groups excluding carboxylic acids is 1. The van der Waals surface area contributed by atoms with Crippen LogP contribution in [-0.4, -0.2) is 60.0 Å². The van der Waals surface area contributed by atoms with Crippen LogP contribution in [0.2, 0.25) is 0 Å². The van der Waals surface area contributed by atoms with Crippen molar-refractivity contribution in [3.05, 3.63) is 46.4 Å². The van der Waals surface area contributed by atoms with E-state index in [4.69, 9.17) is 15.2 Å². The molecule has 2 aliphatic rings. The SMILES string of the molecule is CCc1cc(CC[C@]2(C3CCCC3)CC(O)=C(C/C(N)=N/N(C)/C=C(/C)C=NC)C(=O)O2)c(OC)cc1O. The second-order valence-corrected chi connectivity index (χ2v) is 10.3. The van der Waals surface area contributed by atoms with Crippen molar-refractivity contribution in [3.8, 4) is 11.5 Å². The molecule has 1 saturated carbocycles. The van der Waals surface area contributed by atoms with Crippen LogP contribution in [0.5, 0.6) is 11.5 Å². The Hall–Kier alpha value is -3.49. The first kappa shape index (κ1) is 29.1. The zero-order valence-electron chi connectivity index (χ0n) is 23.3. The Morgan fingerprint density at radius 1 is 1.29 bits per heavy atom. The van der Waals surface area contributed by atoms with E-state index in [1.807, 2.05) is 19.9 Å². The number of esters is 1. The fourth-order valence-electron chi connectivity index (χ4n) is 5.65. The third kappa shape index (κ3) is 6.88. The molecule has 0 saturated heterocycles. The molecule has 0 unspecified atom stereocenters. The Bertz CT molecular complexity index is 1130. The molecule has 1 heterocycles. The van der Waals surface area contributed by atoms with Crippen LogP contribution in [0.4, 0.5) is 0 Å². The first-order valence-electron chi connectivity index (χ1n) is 13.3. The highest BCUT2D eigenvalue weighted by atomic mass is 16.6. The Morgan fingerprint density at radius 3 is 2.61 bits per heavy atom. The zero-order chi connectivity index (χ0) is 27.9. The highest BCUT2D eigenvalue weighted by Gasteiger charge is 2.48. The molecule has 208 valence electrons. The normalized spacial score (nSPS) is 21.3. The van der Waals surface area contributed by atoms with Crippen molar-refractivity contribution in [1.29, 1.82) is 0 Å². The number of aryl methyl sites for hydroxylation is 2. The number of aromatic hydroxyl groups is 1. The van der Waals surface area contributed by atoms with Crippen LogP contribution >= 0.6 is 0 Å². The summed E-state index contributed by atoms with van der Waals surface area (Å²) in [7, 11) is 5.00. The second-order valence-electron chi connectivity index (χ2n) is 10.3. The number of methoxy groups -OCH3 is 1. The summed E-state index contributed by atoms with van der Waals surface area (Å²) < 4.78 is 11.7. The summed E-state index contributed by atoms with van der Waals surface area (Å²) in [5, 5.41) is 27.2. The quantitative estimate of drug-likeness (QED) is 0.164. The Balaban J connectivity index is 1.84. The Kier molecular flexibility index (Phi) is 9.83. The topological polar surface area (TPSA) is 130 Å². The molecule has 1 fully saturated rings. The van der Waals surface area contributed by atoms with E-state index in [9.17, 15) is 15.0 Å². The lowest BCUT2D eigenvalue weighted by atomic mass is 9.76. The predicted molar refractivity (Wildman–Crippen MR) is 150 cm³/mol. The molecule has 4 N–H and O–H groups in total. The number of hydrogen-bond acceptors (Lipinski definition) is 8.